The summed E-state index contributed by atoms with van der Waals surface area (Å²) >= 11 is 1.26. The van der Waals surface area contributed by atoms with Crippen LogP contribution in [0.1, 0.15) is 12.0 Å². The van der Waals surface area contributed by atoms with Crippen LogP contribution in [0.15, 0.2) is 59.6 Å². The second-order valence-corrected chi connectivity index (χ2v) is 6.92. The van der Waals surface area contributed by atoms with E-state index in [4.69, 9.17) is 0 Å². The van der Waals surface area contributed by atoms with Gasteiger partial charge in [-0.05, 0) is 17.7 Å². The molecule has 1 saturated heterocycles. The Morgan fingerprint density at radius 2 is 1.88 bits per heavy atom. The lowest BCUT2D eigenvalue weighted by molar-refractivity contribution is -0.128. The zero-order chi connectivity index (χ0) is 18.5. The first kappa shape index (κ1) is 18.1. The molecule has 2 aromatic carbocycles. The van der Waals surface area contributed by atoms with Crippen molar-refractivity contribution < 1.29 is 14.0 Å². The molecule has 1 N–H and O–H groups in total. The molecule has 1 atom stereocenters. The summed E-state index contributed by atoms with van der Waals surface area (Å²) in [6.07, 6.45) is -0.0395. The molecular formula is C19H18FN3O2S. The van der Waals surface area contributed by atoms with Crippen molar-refractivity contribution in [2.24, 2.45) is 4.99 Å². The van der Waals surface area contributed by atoms with Gasteiger partial charge in [-0.3, -0.25) is 19.5 Å². The standard InChI is InChI=1S/C19H18FN3O2S/c1-21-19-23(12-13-7-3-2-4-8-13)18(25)16(26-19)11-17(24)22-15-10-6-5-9-14(15)20/h2-10,16H,11-12H2,1H3,(H,22,24). The molecule has 2 amide bonds. The summed E-state index contributed by atoms with van der Waals surface area (Å²) in [5, 5.41) is 2.54. The van der Waals surface area contributed by atoms with E-state index < -0.39 is 17.0 Å². The molecule has 0 radical (unpaired) electrons. The number of benzene rings is 2. The van der Waals surface area contributed by atoms with E-state index in [1.165, 1.54) is 23.9 Å². The molecule has 0 saturated carbocycles. The number of aliphatic imine (C=N–C) groups is 1. The number of thioether (sulfide) groups is 1. The fraction of sp³-hybridized carbons (Fsp3) is 0.211. The Kier molecular flexibility index (Phi) is 5.68. The molecule has 1 heterocycles. The second kappa shape index (κ2) is 8.14. The van der Waals surface area contributed by atoms with Gasteiger partial charge in [0.1, 0.15) is 11.1 Å². The molecule has 5 nitrogen and oxygen atoms in total. The summed E-state index contributed by atoms with van der Waals surface area (Å²) in [6, 6.07) is 15.5. The molecule has 0 aromatic heterocycles. The lowest BCUT2D eigenvalue weighted by Crippen LogP contribution is -2.33. The molecule has 1 aliphatic rings. The van der Waals surface area contributed by atoms with Crippen LogP contribution in [-0.2, 0) is 16.1 Å². The van der Waals surface area contributed by atoms with Crippen LogP contribution in [0.4, 0.5) is 10.1 Å². The fourth-order valence-electron chi connectivity index (χ4n) is 2.66. The summed E-state index contributed by atoms with van der Waals surface area (Å²) in [6.45, 7) is 0.408. The van der Waals surface area contributed by atoms with E-state index in [9.17, 15) is 14.0 Å². The minimum absolute atomic E-state index is 0.0395. The zero-order valence-electron chi connectivity index (χ0n) is 14.2. The average Bonchev–Trinajstić information content (AvgIpc) is 2.93. The summed E-state index contributed by atoms with van der Waals surface area (Å²) in [4.78, 5) is 30.7. The monoisotopic (exact) mass is 371 g/mol. The largest absolute Gasteiger partial charge is 0.324 e. The number of carbonyl (C=O) groups excluding carboxylic acids is 2. The van der Waals surface area contributed by atoms with Crippen LogP contribution in [-0.4, -0.2) is 34.2 Å². The van der Waals surface area contributed by atoms with Crippen LogP contribution in [0, 0.1) is 5.82 Å². The molecule has 1 fully saturated rings. The molecule has 7 heteroatoms. The number of halogens is 1. The summed E-state index contributed by atoms with van der Waals surface area (Å²) in [5.41, 5.74) is 1.09. The Bertz CT molecular complexity index is 842. The van der Waals surface area contributed by atoms with Gasteiger partial charge in [-0.25, -0.2) is 4.39 Å². The number of carbonyl (C=O) groups is 2. The molecule has 1 aliphatic heterocycles. The van der Waals surface area contributed by atoms with Gasteiger partial charge in [0.2, 0.25) is 11.8 Å². The molecule has 1 unspecified atom stereocenters. The second-order valence-electron chi connectivity index (χ2n) is 5.75. The predicted molar refractivity (Wildman–Crippen MR) is 101 cm³/mol. The maximum Gasteiger partial charge on any atom is 0.242 e. The number of hydrogen-bond donors (Lipinski definition) is 1. The van der Waals surface area contributed by atoms with E-state index in [1.807, 2.05) is 30.3 Å². The Balaban J connectivity index is 1.66. The van der Waals surface area contributed by atoms with Crippen LogP contribution in [0.5, 0.6) is 0 Å². The molecule has 0 spiro atoms. The van der Waals surface area contributed by atoms with Crippen molar-refractivity contribution in [1.82, 2.24) is 4.90 Å². The van der Waals surface area contributed by atoms with Crippen molar-refractivity contribution in [1.29, 1.82) is 0 Å². The molecule has 134 valence electrons. The van der Waals surface area contributed by atoms with Gasteiger partial charge in [0.15, 0.2) is 5.17 Å². The number of rotatable bonds is 5. The topological polar surface area (TPSA) is 61.8 Å². The predicted octanol–water partition coefficient (Wildman–Crippen LogP) is 3.28. The third-order valence-electron chi connectivity index (χ3n) is 3.91. The molecule has 0 aliphatic carbocycles. The van der Waals surface area contributed by atoms with Gasteiger partial charge in [-0.2, -0.15) is 0 Å². The number of amides is 2. The Hall–Kier alpha value is -2.67. The number of nitrogens with one attached hydrogen (secondary N) is 1. The number of anilines is 1. The summed E-state index contributed by atoms with van der Waals surface area (Å²) in [5.74, 6) is -1.08. The smallest absolute Gasteiger partial charge is 0.242 e. The van der Waals surface area contributed by atoms with E-state index in [2.05, 4.69) is 10.3 Å². The normalized spacial score (nSPS) is 18.4. The van der Waals surface area contributed by atoms with Crippen molar-refractivity contribution >= 4 is 34.4 Å². The first-order chi connectivity index (χ1) is 12.6. The van der Waals surface area contributed by atoms with Crippen molar-refractivity contribution in [2.45, 2.75) is 18.2 Å². The first-order valence-corrected chi connectivity index (χ1v) is 8.99. The molecule has 0 bridgehead atoms. The maximum atomic E-state index is 13.6. The van der Waals surface area contributed by atoms with Crippen molar-refractivity contribution in [3.05, 3.63) is 66.0 Å². The Labute approximate surface area is 155 Å². The lowest BCUT2D eigenvalue weighted by Gasteiger charge is -2.16. The van der Waals surface area contributed by atoms with Gasteiger partial charge < -0.3 is 5.32 Å². The van der Waals surface area contributed by atoms with E-state index >= 15 is 0 Å². The highest BCUT2D eigenvalue weighted by molar-refractivity contribution is 8.15. The van der Waals surface area contributed by atoms with Gasteiger partial charge in [-0.1, -0.05) is 54.2 Å². The number of para-hydroxylation sites is 1. The van der Waals surface area contributed by atoms with Crippen LogP contribution in [0.2, 0.25) is 0 Å². The maximum absolute atomic E-state index is 13.6. The number of nitrogens with zero attached hydrogens (tertiary/aromatic N) is 2. The van der Waals surface area contributed by atoms with Gasteiger partial charge in [0.05, 0.1) is 12.2 Å². The van der Waals surface area contributed by atoms with E-state index in [1.54, 1.807) is 24.1 Å². The summed E-state index contributed by atoms with van der Waals surface area (Å²) in [7, 11) is 1.62. The first-order valence-electron chi connectivity index (χ1n) is 8.11. The van der Waals surface area contributed by atoms with Crippen molar-refractivity contribution in [2.75, 3.05) is 12.4 Å². The molecular weight excluding hydrogens is 353 g/mol. The highest BCUT2D eigenvalue weighted by Gasteiger charge is 2.38. The quantitative estimate of drug-likeness (QED) is 0.877. The molecule has 2 aromatic rings. The van der Waals surface area contributed by atoms with E-state index in [0.29, 0.717) is 11.7 Å². The third-order valence-corrected chi connectivity index (χ3v) is 5.18. The van der Waals surface area contributed by atoms with Gasteiger partial charge in [-0.15, -0.1) is 0 Å². The van der Waals surface area contributed by atoms with Gasteiger partial charge >= 0.3 is 0 Å². The third kappa shape index (κ3) is 4.11. The lowest BCUT2D eigenvalue weighted by atomic mass is 10.2. The van der Waals surface area contributed by atoms with Crippen molar-refractivity contribution in [3.8, 4) is 0 Å². The minimum atomic E-state index is -0.566. The van der Waals surface area contributed by atoms with Gasteiger partial charge in [0, 0.05) is 13.5 Å². The fourth-order valence-corrected chi connectivity index (χ4v) is 3.76. The van der Waals surface area contributed by atoms with E-state index in [0.717, 1.165) is 5.56 Å². The Morgan fingerprint density at radius 3 is 2.58 bits per heavy atom. The SMILES string of the molecule is CN=C1SC(CC(=O)Nc2ccccc2F)C(=O)N1Cc1ccccc1. The summed E-state index contributed by atoms with van der Waals surface area (Å²) < 4.78 is 13.6. The molecule has 3 rings (SSSR count). The highest BCUT2D eigenvalue weighted by Crippen LogP contribution is 2.31. The minimum Gasteiger partial charge on any atom is -0.324 e. The molecule has 26 heavy (non-hydrogen) atoms. The van der Waals surface area contributed by atoms with Crippen LogP contribution in [0.3, 0.4) is 0 Å². The van der Waals surface area contributed by atoms with Crippen LogP contribution in [0.25, 0.3) is 0 Å². The average molecular weight is 371 g/mol. The van der Waals surface area contributed by atoms with Crippen LogP contribution < -0.4 is 5.32 Å². The van der Waals surface area contributed by atoms with Crippen molar-refractivity contribution in [3.63, 3.8) is 0 Å². The number of amidine groups is 1. The number of hydrogen-bond acceptors (Lipinski definition) is 4. The van der Waals surface area contributed by atoms with Gasteiger partial charge in [0.25, 0.3) is 0 Å². The van der Waals surface area contributed by atoms with E-state index in [-0.39, 0.29) is 18.0 Å². The highest BCUT2D eigenvalue weighted by atomic mass is 32.2. The zero-order valence-corrected chi connectivity index (χ0v) is 15.0. The Morgan fingerprint density at radius 1 is 1.19 bits per heavy atom. The van der Waals surface area contributed by atoms with Crippen LogP contribution >= 0.6 is 11.8 Å².